The highest BCUT2D eigenvalue weighted by atomic mass is 16.5. The van der Waals surface area contributed by atoms with Crippen LogP contribution in [0.4, 0.5) is 10.5 Å². The van der Waals surface area contributed by atoms with Crippen LogP contribution in [0.3, 0.4) is 0 Å². The molecule has 1 atom stereocenters. The van der Waals surface area contributed by atoms with E-state index in [9.17, 15) is 9.59 Å². The number of nitrogens with two attached hydrogens (primary N) is 1. The van der Waals surface area contributed by atoms with E-state index in [0.717, 1.165) is 5.69 Å². The average Bonchev–Trinajstić information content (AvgIpc) is 2.37. The van der Waals surface area contributed by atoms with Crippen molar-refractivity contribution < 1.29 is 14.3 Å². The molecule has 0 spiro atoms. The van der Waals surface area contributed by atoms with Gasteiger partial charge in [0.05, 0.1) is 12.2 Å². The number of rotatable bonds is 3. The summed E-state index contributed by atoms with van der Waals surface area (Å²) in [5.74, 6) is 0.252. The molecule has 19 heavy (non-hydrogen) atoms. The third kappa shape index (κ3) is 3.15. The Morgan fingerprint density at radius 3 is 2.95 bits per heavy atom. The molecular weight excluding hydrogens is 246 g/mol. The molecular formula is C13H17N3O3. The summed E-state index contributed by atoms with van der Waals surface area (Å²) in [4.78, 5) is 24.4. The molecule has 6 heteroatoms. The Labute approximate surface area is 111 Å². The molecule has 1 aliphatic rings. The van der Waals surface area contributed by atoms with Gasteiger partial charge in [-0.2, -0.15) is 0 Å². The molecule has 0 saturated carbocycles. The van der Waals surface area contributed by atoms with Crippen molar-refractivity contribution in [1.82, 2.24) is 5.32 Å². The second-order valence-electron chi connectivity index (χ2n) is 4.46. The van der Waals surface area contributed by atoms with Gasteiger partial charge in [0.25, 0.3) is 0 Å². The molecule has 0 bridgehead atoms. The number of urea groups is 1. The van der Waals surface area contributed by atoms with Crippen LogP contribution in [0, 0.1) is 0 Å². The van der Waals surface area contributed by atoms with Gasteiger partial charge in [0.1, 0.15) is 11.9 Å². The summed E-state index contributed by atoms with van der Waals surface area (Å²) < 4.78 is 5.66. The number of anilines is 1. The number of carbonyl (C=O) groups is 2. The molecule has 0 fully saturated rings. The molecule has 1 heterocycles. The summed E-state index contributed by atoms with van der Waals surface area (Å²) in [6.45, 7) is 2.61. The van der Waals surface area contributed by atoms with Crippen LogP contribution in [-0.2, 0) is 4.79 Å². The summed E-state index contributed by atoms with van der Waals surface area (Å²) in [7, 11) is 0. The van der Waals surface area contributed by atoms with Crippen molar-refractivity contribution in [3.05, 3.63) is 24.3 Å². The van der Waals surface area contributed by atoms with Crippen molar-refractivity contribution in [3.8, 4) is 5.75 Å². The Hall–Kier alpha value is -2.24. The Morgan fingerprint density at radius 2 is 2.21 bits per heavy atom. The third-order valence-electron chi connectivity index (χ3n) is 2.82. The van der Waals surface area contributed by atoms with Crippen molar-refractivity contribution in [2.24, 2.45) is 5.73 Å². The fraction of sp³-hybridized carbons (Fsp3) is 0.385. The highest BCUT2D eigenvalue weighted by molar-refractivity contribution is 5.94. The first-order chi connectivity index (χ1) is 9.08. The summed E-state index contributed by atoms with van der Waals surface area (Å²) in [5.41, 5.74) is 5.77. The van der Waals surface area contributed by atoms with Crippen molar-refractivity contribution >= 4 is 17.6 Å². The van der Waals surface area contributed by atoms with Gasteiger partial charge in [0.15, 0.2) is 0 Å². The van der Waals surface area contributed by atoms with Gasteiger partial charge in [0, 0.05) is 13.0 Å². The Morgan fingerprint density at radius 1 is 1.47 bits per heavy atom. The van der Waals surface area contributed by atoms with Crippen molar-refractivity contribution in [1.29, 1.82) is 0 Å². The molecule has 1 aromatic rings. The summed E-state index contributed by atoms with van der Waals surface area (Å²) in [6.07, 6.45) is 0.0598. The third-order valence-corrected chi connectivity index (χ3v) is 2.82. The first kappa shape index (κ1) is 13.2. The summed E-state index contributed by atoms with van der Waals surface area (Å²) in [5, 5.41) is 2.68. The molecule has 0 radical (unpaired) electrons. The molecule has 0 saturated heterocycles. The lowest BCUT2D eigenvalue weighted by atomic mass is 10.2. The Balaban J connectivity index is 2.07. The van der Waals surface area contributed by atoms with Crippen molar-refractivity contribution in [2.45, 2.75) is 19.4 Å². The number of benzene rings is 1. The number of para-hydroxylation sites is 2. The number of carbonyl (C=O) groups excluding carboxylic acids is 2. The van der Waals surface area contributed by atoms with Crippen LogP contribution in [0.25, 0.3) is 0 Å². The highest BCUT2D eigenvalue weighted by Crippen LogP contribution is 2.32. The Bertz CT molecular complexity index is 490. The van der Waals surface area contributed by atoms with Gasteiger partial charge in [-0.3, -0.25) is 9.69 Å². The van der Waals surface area contributed by atoms with E-state index in [1.807, 2.05) is 31.2 Å². The highest BCUT2D eigenvalue weighted by Gasteiger charge is 2.26. The standard InChI is InChI=1S/C13H17N3O3/c1-9-8-16(13(18)15-7-6-12(14)17)10-4-2-3-5-11(10)19-9/h2-5,9H,6-8H2,1H3,(H2,14,17)(H,15,18)/t9-/m1/s1. The smallest absolute Gasteiger partial charge is 0.322 e. The number of hydrogen-bond donors (Lipinski definition) is 2. The van der Waals surface area contributed by atoms with Gasteiger partial charge < -0.3 is 15.8 Å². The number of fused-ring (bicyclic) bond motifs is 1. The molecule has 2 rings (SSSR count). The minimum Gasteiger partial charge on any atom is -0.487 e. The maximum Gasteiger partial charge on any atom is 0.322 e. The van der Waals surface area contributed by atoms with Crippen molar-refractivity contribution in [2.75, 3.05) is 18.0 Å². The molecule has 1 aromatic carbocycles. The predicted octanol–water partition coefficient (Wildman–Crippen LogP) is 0.859. The maximum absolute atomic E-state index is 12.1. The van der Waals surface area contributed by atoms with Gasteiger partial charge in [-0.25, -0.2) is 4.79 Å². The van der Waals surface area contributed by atoms with E-state index < -0.39 is 5.91 Å². The van der Waals surface area contributed by atoms with E-state index in [0.29, 0.717) is 12.3 Å². The topological polar surface area (TPSA) is 84.7 Å². The lowest BCUT2D eigenvalue weighted by Crippen LogP contribution is -2.47. The van der Waals surface area contributed by atoms with E-state index in [1.54, 1.807) is 4.90 Å². The van der Waals surface area contributed by atoms with Crippen LogP contribution in [0.5, 0.6) is 5.75 Å². The van der Waals surface area contributed by atoms with Gasteiger partial charge in [0.2, 0.25) is 5.91 Å². The monoisotopic (exact) mass is 263 g/mol. The molecule has 102 valence electrons. The quantitative estimate of drug-likeness (QED) is 0.848. The van der Waals surface area contributed by atoms with E-state index in [4.69, 9.17) is 10.5 Å². The van der Waals surface area contributed by atoms with Crippen LogP contribution in [0.1, 0.15) is 13.3 Å². The molecule has 3 N–H and O–H groups in total. The van der Waals surface area contributed by atoms with Gasteiger partial charge >= 0.3 is 6.03 Å². The number of primary amides is 1. The second kappa shape index (κ2) is 5.60. The predicted molar refractivity (Wildman–Crippen MR) is 71.1 cm³/mol. The molecule has 0 aromatic heterocycles. The lowest BCUT2D eigenvalue weighted by Gasteiger charge is -2.33. The van der Waals surface area contributed by atoms with Gasteiger partial charge in [-0.15, -0.1) is 0 Å². The first-order valence-electron chi connectivity index (χ1n) is 6.17. The van der Waals surface area contributed by atoms with E-state index in [-0.39, 0.29) is 25.1 Å². The zero-order chi connectivity index (χ0) is 13.8. The summed E-state index contributed by atoms with van der Waals surface area (Å²) in [6, 6.07) is 7.12. The molecule has 0 unspecified atom stereocenters. The van der Waals surface area contributed by atoms with E-state index in [1.165, 1.54) is 0 Å². The average molecular weight is 263 g/mol. The zero-order valence-electron chi connectivity index (χ0n) is 10.8. The minimum atomic E-state index is -0.434. The SMILES string of the molecule is C[C@@H]1CN(C(=O)NCCC(N)=O)c2ccccc2O1. The van der Waals surface area contributed by atoms with Crippen LogP contribution < -0.4 is 20.7 Å². The largest absolute Gasteiger partial charge is 0.487 e. The molecule has 6 nitrogen and oxygen atoms in total. The normalized spacial score (nSPS) is 17.3. The van der Waals surface area contributed by atoms with Crippen molar-refractivity contribution in [3.63, 3.8) is 0 Å². The number of nitrogens with one attached hydrogen (secondary N) is 1. The van der Waals surface area contributed by atoms with Crippen LogP contribution in [0.2, 0.25) is 0 Å². The first-order valence-corrected chi connectivity index (χ1v) is 6.17. The van der Waals surface area contributed by atoms with Gasteiger partial charge in [-0.05, 0) is 19.1 Å². The second-order valence-corrected chi connectivity index (χ2v) is 4.46. The lowest BCUT2D eigenvalue weighted by molar-refractivity contribution is -0.117. The number of amides is 3. The number of hydrogen-bond acceptors (Lipinski definition) is 3. The summed E-state index contributed by atoms with van der Waals surface area (Å²) >= 11 is 0. The Kier molecular flexibility index (Phi) is 3.89. The van der Waals surface area contributed by atoms with Crippen LogP contribution >= 0.6 is 0 Å². The molecule has 3 amide bonds. The number of ether oxygens (including phenoxy) is 1. The number of nitrogens with zero attached hydrogens (tertiary/aromatic N) is 1. The molecule has 1 aliphatic heterocycles. The maximum atomic E-state index is 12.1. The zero-order valence-corrected chi connectivity index (χ0v) is 10.8. The fourth-order valence-electron chi connectivity index (χ4n) is 1.97. The van der Waals surface area contributed by atoms with Crippen LogP contribution in [0.15, 0.2) is 24.3 Å². The minimum absolute atomic E-state index is 0.0724. The fourth-order valence-corrected chi connectivity index (χ4v) is 1.97. The molecule has 0 aliphatic carbocycles. The van der Waals surface area contributed by atoms with Crippen LogP contribution in [-0.4, -0.2) is 31.1 Å². The van der Waals surface area contributed by atoms with E-state index in [2.05, 4.69) is 5.32 Å². The van der Waals surface area contributed by atoms with Gasteiger partial charge in [-0.1, -0.05) is 12.1 Å². The van der Waals surface area contributed by atoms with E-state index >= 15 is 0 Å².